The monoisotopic (exact) mass is 351 g/mol. The van der Waals surface area contributed by atoms with Crippen LogP contribution < -0.4 is 15.8 Å². The predicted molar refractivity (Wildman–Crippen MR) is 88.2 cm³/mol. The number of halogens is 1. The third-order valence-electron chi connectivity index (χ3n) is 3.32. The number of amides is 2. The molecule has 2 aromatic rings. The first-order valence-corrected chi connectivity index (χ1v) is 8.77. The fourth-order valence-electron chi connectivity index (χ4n) is 2.01. The number of carbonyl (C=O) groups is 1. The molecule has 0 aromatic heterocycles. The lowest BCUT2D eigenvalue weighted by Gasteiger charge is -2.08. The molecule has 8 heteroatoms. The lowest BCUT2D eigenvalue weighted by molar-refractivity contribution is 0.240. The molecule has 0 aliphatic rings. The van der Waals surface area contributed by atoms with Gasteiger partial charge in [0.25, 0.3) is 0 Å². The SMILES string of the molecule is NS(=O)(=O)c1ccc(CCNC(=O)NCc2ccc(F)cc2)cc1. The summed E-state index contributed by atoms with van der Waals surface area (Å²) in [6, 6.07) is 11.7. The van der Waals surface area contributed by atoms with Crippen LogP contribution >= 0.6 is 0 Å². The van der Waals surface area contributed by atoms with Crippen molar-refractivity contribution in [2.45, 2.75) is 17.9 Å². The number of nitrogens with two attached hydrogens (primary N) is 1. The van der Waals surface area contributed by atoms with E-state index in [0.29, 0.717) is 19.5 Å². The maximum Gasteiger partial charge on any atom is 0.315 e. The quantitative estimate of drug-likeness (QED) is 0.735. The molecule has 2 aromatic carbocycles. The van der Waals surface area contributed by atoms with E-state index in [9.17, 15) is 17.6 Å². The molecule has 2 amide bonds. The number of hydrogen-bond donors (Lipinski definition) is 3. The number of rotatable bonds is 6. The molecule has 0 saturated carbocycles. The fraction of sp³-hybridized carbons (Fsp3) is 0.188. The van der Waals surface area contributed by atoms with Crippen LogP contribution in [0.2, 0.25) is 0 Å². The highest BCUT2D eigenvalue weighted by Gasteiger charge is 2.07. The first-order valence-electron chi connectivity index (χ1n) is 7.22. The van der Waals surface area contributed by atoms with Crippen molar-refractivity contribution in [3.63, 3.8) is 0 Å². The zero-order chi connectivity index (χ0) is 17.6. The van der Waals surface area contributed by atoms with Crippen molar-refractivity contribution in [1.29, 1.82) is 0 Å². The second-order valence-electron chi connectivity index (χ2n) is 5.17. The minimum atomic E-state index is -3.69. The van der Waals surface area contributed by atoms with Gasteiger partial charge in [0.1, 0.15) is 5.82 Å². The molecule has 2 rings (SSSR count). The smallest absolute Gasteiger partial charge is 0.315 e. The van der Waals surface area contributed by atoms with Gasteiger partial charge in [0, 0.05) is 13.1 Å². The lowest BCUT2D eigenvalue weighted by Crippen LogP contribution is -2.36. The number of hydrogen-bond acceptors (Lipinski definition) is 3. The molecule has 6 nitrogen and oxygen atoms in total. The molecule has 24 heavy (non-hydrogen) atoms. The normalized spacial score (nSPS) is 11.1. The molecule has 0 saturated heterocycles. The number of primary sulfonamides is 1. The summed E-state index contributed by atoms with van der Waals surface area (Å²) in [5.74, 6) is -0.323. The zero-order valence-corrected chi connectivity index (χ0v) is 13.6. The largest absolute Gasteiger partial charge is 0.338 e. The summed E-state index contributed by atoms with van der Waals surface area (Å²) in [4.78, 5) is 11.7. The Kier molecular flexibility index (Phi) is 5.88. The van der Waals surface area contributed by atoms with Gasteiger partial charge in [0.05, 0.1) is 4.90 Å². The highest BCUT2D eigenvalue weighted by molar-refractivity contribution is 7.89. The van der Waals surface area contributed by atoms with Crippen LogP contribution in [0.1, 0.15) is 11.1 Å². The van der Waals surface area contributed by atoms with E-state index in [1.54, 1.807) is 24.3 Å². The van der Waals surface area contributed by atoms with Crippen molar-refractivity contribution in [2.75, 3.05) is 6.54 Å². The van der Waals surface area contributed by atoms with Crippen LogP contribution in [0.3, 0.4) is 0 Å². The number of sulfonamides is 1. The molecule has 0 bridgehead atoms. The molecule has 0 aliphatic carbocycles. The Bertz CT molecular complexity index is 790. The summed E-state index contributed by atoms with van der Waals surface area (Å²) >= 11 is 0. The fourth-order valence-corrected chi connectivity index (χ4v) is 2.53. The molecule has 0 aliphatic heterocycles. The van der Waals surface area contributed by atoms with E-state index >= 15 is 0 Å². The molecule has 0 fully saturated rings. The highest BCUT2D eigenvalue weighted by Crippen LogP contribution is 2.08. The minimum absolute atomic E-state index is 0.0521. The van der Waals surface area contributed by atoms with E-state index in [1.807, 2.05) is 0 Å². The summed E-state index contributed by atoms with van der Waals surface area (Å²) in [7, 11) is -3.69. The number of urea groups is 1. The molecular weight excluding hydrogens is 333 g/mol. The number of benzene rings is 2. The van der Waals surface area contributed by atoms with Gasteiger partial charge in [-0.15, -0.1) is 0 Å². The van der Waals surface area contributed by atoms with E-state index < -0.39 is 10.0 Å². The Labute approximate surface area is 139 Å². The van der Waals surface area contributed by atoms with Crippen LogP contribution in [0.25, 0.3) is 0 Å². The Morgan fingerprint density at radius 2 is 1.54 bits per heavy atom. The maximum atomic E-state index is 12.8. The molecule has 0 heterocycles. The second kappa shape index (κ2) is 7.89. The standard InChI is InChI=1S/C16H18FN3O3S/c17-14-5-1-13(2-6-14)11-20-16(21)19-10-9-12-3-7-15(8-4-12)24(18,22)23/h1-8H,9-11H2,(H2,18,22,23)(H2,19,20,21). The molecule has 0 unspecified atom stereocenters. The predicted octanol–water partition coefficient (Wildman–Crippen LogP) is 1.51. The van der Waals surface area contributed by atoms with Crippen LogP contribution in [0.5, 0.6) is 0 Å². The van der Waals surface area contributed by atoms with Crippen LogP contribution in [0, 0.1) is 5.82 Å². The first-order chi connectivity index (χ1) is 11.3. The molecule has 4 N–H and O–H groups in total. The molecule has 0 spiro atoms. The topological polar surface area (TPSA) is 101 Å². The van der Waals surface area contributed by atoms with E-state index in [4.69, 9.17) is 5.14 Å². The van der Waals surface area contributed by atoms with E-state index in [2.05, 4.69) is 10.6 Å². The van der Waals surface area contributed by atoms with E-state index in [0.717, 1.165) is 11.1 Å². The van der Waals surface area contributed by atoms with Crippen LogP contribution in [-0.4, -0.2) is 21.0 Å². The van der Waals surface area contributed by atoms with E-state index in [1.165, 1.54) is 24.3 Å². The third-order valence-corrected chi connectivity index (χ3v) is 4.25. The van der Waals surface area contributed by atoms with Crippen LogP contribution in [0.15, 0.2) is 53.4 Å². The van der Waals surface area contributed by atoms with Gasteiger partial charge < -0.3 is 10.6 Å². The van der Waals surface area contributed by atoms with Gasteiger partial charge in [-0.05, 0) is 41.8 Å². The first kappa shape index (κ1) is 17.9. The number of carbonyl (C=O) groups excluding carboxylic acids is 1. The molecule has 128 valence electrons. The van der Waals surface area contributed by atoms with E-state index in [-0.39, 0.29) is 16.7 Å². The summed E-state index contributed by atoms with van der Waals surface area (Å²) < 4.78 is 35.1. The Morgan fingerprint density at radius 3 is 2.12 bits per heavy atom. The number of nitrogens with one attached hydrogen (secondary N) is 2. The van der Waals surface area contributed by atoms with Crippen LogP contribution in [0.4, 0.5) is 9.18 Å². The lowest BCUT2D eigenvalue weighted by atomic mass is 10.1. The van der Waals surface area contributed by atoms with Gasteiger partial charge in [0.2, 0.25) is 10.0 Å². The van der Waals surface area contributed by atoms with Gasteiger partial charge in [0.15, 0.2) is 0 Å². The van der Waals surface area contributed by atoms with Gasteiger partial charge in [-0.3, -0.25) is 0 Å². The van der Waals surface area contributed by atoms with Crippen molar-refractivity contribution in [3.05, 3.63) is 65.5 Å². The van der Waals surface area contributed by atoms with Gasteiger partial charge in [-0.25, -0.2) is 22.7 Å². The Morgan fingerprint density at radius 1 is 0.958 bits per heavy atom. The van der Waals surface area contributed by atoms with Gasteiger partial charge in [-0.2, -0.15) is 0 Å². The summed E-state index contributed by atoms with van der Waals surface area (Å²) in [6.45, 7) is 0.694. The molecular formula is C16H18FN3O3S. The van der Waals surface area contributed by atoms with Crippen molar-refractivity contribution in [2.24, 2.45) is 5.14 Å². The van der Waals surface area contributed by atoms with Crippen molar-refractivity contribution in [1.82, 2.24) is 10.6 Å². The van der Waals surface area contributed by atoms with Crippen molar-refractivity contribution >= 4 is 16.1 Å². The summed E-state index contributed by atoms with van der Waals surface area (Å²) in [6.07, 6.45) is 0.550. The molecule has 0 atom stereocenters. The zero-order valence-electron chi connectivity index (χ0n) is 12.8. The Hall–Kier alpha value is -2.45. The highest BCUT2D eigenvalue weighted by atomic mass is 32.2. The average Bonchev–Trinajstić information content (AvgIpc) is 2.54. The van der Waals surface area contributed by atoms with Crippen LogP contribution in [-0.2, 0) is 23.0 Å². The second-order valence-corrected chi connectivity index (χ2v) is 6.74. The minimum Gasteiger partial charge on any atom is -0.338 e. The summed E-state index contributed by atoms with van der Waals surface area (Å²) in [5.41, 5.74) is 1.67. The maximum absolute atomic E-state index is 12.8. The van der Waals surface area contributed by atoms with Crippen molar-refractivity contribution in [3.8, 4) is 0 Å². The van der Waals surface area contributed by atoms with Gasteiger partial charge >= 0.3 is 6.03 Å². The third kappa shape index (κ3) is 5.64. The van der Waals surface area contributed by atoms with Crippen molar-refractivity contribution < 1.29 is 17.6 Å². The Balaban J connectivity index is 1.73. The van der Waals surface area contributed by atoms with Gasteiger partial charge in [-0.1, -0.05) is 24.3 Å². The average molecular weight is 351 g/mol. The molecule has 0 radical (unpaired) electrons. The summed E-state index contributed by atoms with van der Waals surface area (Å²) in [5, 5.41) is 10.4.